The third kappa shape index (κ3) is 2.66. The lowest BCUT2D eigenvalue weighted by Gasteiger charge is -2.48. The zero-order chi connectivity index (χ0) is 17.6. The van der Waals surface area contributed by atoms with Crippen molar-refractivity contribution in [2.45, 2.75) is 58.3 Å². The van der Waals surface area contributed by atoms with Gasteiger partial charge in [-0.05, 0) is 80.0 Å². The number of Topliss-reactive ketones (excluding diaryl/α,β-unsaturated/α-hetero) is 1. The van der Waals surface area contributed by atoms with Crippen LogP contribution in [-0.4, -0.2) is 18.5 Å². The molecule has 0 bridgehead atoms. The van der Waals surface area contributed by atoms with E-state index in [1.54, 1.807) is 6.92 Å². The topological polar surface area (TPSA) is 52.6 Å². The molecule has 4 nitrogen and oxygen atoms in total. The van der Waals surface area contributed by atoms with Crippen molar-refractivity contribution in [2.24, 2.45) is 17.3 Å². The molecule has 3 aliphatic rings. The summed E-state index contributed by atoms with van der Waals surface area (Å²) in [5, 5.41) is 0. The zero-order valence-electron chi connectivity index (χ0n) is 15.0. The van der Waals surface area contributed by atoms with Crippen LogP contribution in [-0.2, 0) is 16.0 Å². The first-order chi connectivity index (χ1) is 12.0. The minimum Gasteiger partial charge on any atom is -0.434 e. The van der Waals surface area contributed by atoms with E-state index in [0.717, 1.165) is 38.5 Å². The van der Waals surface area contributed by atoms with Crippen molar-refractivity contribution in [1.29, 1.82) is 0 Å². The summed E-state index contributed by atoms with van der Waals surface area (Å²) >= 11 is 0. The quantitative estimate of drug-likeness (QED) is 0.580. The molecule has 0 aromatic heterocycles. The van der Waals surface area contributed by atoms with Crippen LogP contribution >= 0.6 is 0 Å². The normalized spacial score (nSPS) is 33.2. The average Bonchev–Trinajstić information content (AvgIpc) is 2.90. The molecular weight excluding hydrogens is 316 g/mol. The van der Waals surface area contributed by atoms with Crippen LogP contribution in [0.4, 0.5) is 4.79 Å². The molecule has 0 saturated heterocycles. The molecule has 0 aliphatic heterocycles. The monoisotopic (exact) mass is 342 g/mol. The van der Waals surface area contributed by atoms with Gasteiger partial charge in [0, 0.05) is 11.8 Å². The summed E-state index contributed by atoms with van der Waals surface area (Å²) in [6.07, 6.45) is 5.42. The van der Waals surface area contributed by atoms with Crippen molar-refractivity contribution < 1.29 is 19.1 Å². The van der Waals surface area contributed by atoms with E-state index >= 15 is 0 Å². The second-order valence-corrected chi connectivity index (χ2v) is 7.98. The van der Waals surface area contributed by atoms with Crippen LogP contribution in [0.15, 0.2) is 18.2 Å². The van der Waals surface area contributed by atoms with Crippen LogP contribution in [0, 0.1) is 17.3 Å². The van der Waals surface area contributed by atoms with Crippen molar-refractivity contribution in [3.8, 4) is 5.75 Å². The van der Waals surface area contributed by atoms with Gasteiger partial charge in [-0.25, -0.2) is 4.79 Å². The Hall–Kier alpha value is -1.84. The molecule has 3 aliphatic carbocycles. The van der Waals surface area contributed by atoms with Gasteiger partial charge in [-0.1, -0.05) is 13.0 Å². The Morgan fingerprint density at radius 2 is 2.08 bits per heavy atom. The molecule has 2 saturated carbocycles. The summed E-state index contributed by atoms with van der Waals surface area (Å²) in [6.45, 7) is 4.28. The summed E-state index contributed by atoms with van der Waals surface area (Å²) in [4.78, 5) is 23.9. The minimum atomic E-state index is -0.644. The van der Waals surface area contributed by atoms with Gasteiger partial charge >= 0.3 is 6.16 Å². The Labute approximate surface area is 148 Å². The average molecular weight is 342 g/mol. The molecule has 134 valence electrons. The first kappa shape index (κ1) is 16.6. The van der Waals surface area contributed by atoms with Crippen molar-refractivity contribution >= 4 is 11.9 Å². The van der Waals surface area contributed by atoms with Gasteiger partial charge in [0.15, 0.2) is 0 Å². The van der Waals surface area contributed by atoms with Gasteiger partial charge in [0.05, 0.1) is 6.61 Å². The molecule has 4 heteroatoms. The van der Waals surface area contributed by atoms with E-state index in [0.29, 0.717) is 35.9 Å². The van der Waals surface area contributed by atoms with Gasteiger partial charge in [-0.15, -0.1) is 0 Å². The number of aryl methyl sites for hydroxylation is 1. The second kappa shape index (κ2) is 6.15. The van der Waals surface area contributed by atoms with Crippen LogP contribution in [0.3, 0.4) is 0 Å². The maximum absolute atomic E-state index is 12.4. The molecule has 0 unspecified atom stereocenters. The summed E-state index contributed by atoms with van der Waals surface area (Å²) in [5.74, 6) is 2.76. The number of fused-ring (bicyclic) bond motifs is 5. The van der Waals surface area contributed by atoms with Crippen molar-refractivity contribution in [1.82, 2.24) is 0 Å². The summed E-state index contributed by atoms with van der Waals surface area (Å²) in [5.41, 5.74) is 2.61. The smallest absolute Gasteiger partial charge is 0.434 e. The molecule has 0 amide bonds. The van der Waals surface area contributed by atoms with Gasteiger partial charge in [0.1, 0.15) is 11.5 Å². The van der Waals surface area contributed by atoms with E-state index in [-0.39, 0.29) is 5.41 Å². The summed E-state index contributed by atoms with van der Waals surface area (Å²) < 4.78 is 10.1. The minimum absolute atomic E-state index is 0.0777. The molecule has 1 aromatic rings. The maximum Gasteiger partial charge on any atom is 0.513 e. The fourth-order valence-corrected chi connectivity index (χ4v) is 5.64. The molecule has 4 atom stereocenters. The van der Waals surface area contributed by atoms with Gasteiger partial charge in [0.25, 0.3) is 0 Å². The molecular formula is C21H26O4. The van der Waals surface area contributed by atoms with Crippen LogP contribution in [0.2, 0.25) is 0 Å². The predicted molar refractivity (Wildman–Crippen MR) is 93.7 cm³/mol. The zero-order valence-corrected chi connectivity index (χ0v) is 15.0. The van der Waals surface area contributed by atoms with Crippen LogP contribution in [0.25, 0.3) is 0 Å². The lowest BCUT2D eigenvalue weighted by molar-refractivity contribution is -0.129. The van der Waals surface area contributed by atoms with E-state index in [1.807, 2.05) is 12.1 Å². The molecule has 0 heterocycles. The highest BCUT2D eigenvalue weighted by Crippen LogP contribution is 2.59. The molecule has 0 radical (unpaired) electrons. The summed E-state index contributed by atoms with van der Waals surface area (Å²) in [7, 11) is 0. The highest BCUT2D eigenvalue weighted by molar-refractivity contribution is 5.87. The SMILES string of the molecule is CCOC(=O)Oc1ccc2c(c1)CC[C@@H]1[C@@H]2CC[C@@]2(C)C(=O)CC[C@H]12. The maximum atomic E-state index is 12.4. The Morgan fingerprint density at radius 1 is 1.24 bits per heavy atom. The number of rotatable bonds is 2. The van der Waals surface area contributed by atoms with Crippen LogP contribution in [0.1, 0.15) is 63.0 Å². The molecule has 2 fully saturated rings. The number of carbonyl (C=O) groups is 2. The van der Waals surface area contributed by atoms with E-state index in [4.69, 9.17) is 9.47 Å². The fourth-order valence-electron chi connectivity index (χ4n) is 5.64. The Kier molecular flexibility index (Phi) is 4.09. The first-order valence-electron chi connectivity index (χ1n) is 9.53. The number of ether oxygens (including phenoxy) is 2. The van der Waals surface area contributed by atoms with Gasteiger partial charge in [-0.3, -0.25) is 4.79 Å². The van der Waals surface area contributed by atoms with Crippen molar-refractivity contribution in [2.75, 3.05) is 6.61 Å². The standard InChI is InChI=1S/C21H26O4/c1-3-24-20(23)25-14-5-7-15-13(12-14)4-6-17-16(15)10-11-21(2)18(17)8-9-19(21)22/h5,7,12,16-18H,3-4,6,8-11H2,1-2H3/t16-,17-,18-,21-/m1/s1. The molecule has 0 spiro atoms. The lowest BCUT2D eigenvalue weighted by atomic mass is 9.55. The number of hydrogen-bond acceptors (Lipinski definition) is 4. The first-order valence-corrected chi connectivity index (χ1v) is 9.53. The van der Waals surface area contributed by atoms with Crippen molar-refractivity contribution in [3.05, 3.63) is 29.3 Å². The summed E-state index contributed by atoms with van der Waals surface area (Å²) in [6, 6.07) is 6.00. The fraction of sp³-hybridized carbons (Fsp3) is 0.619. The molecule has 1 aromatic carbocycles. The third-order valence-electron chi connectivity index (χ3n) is 6.87. The number of ketones is 1. The van der Waals surface area contributed by atoms with E-state index in [2.05, 4.69) is 13.0 Å². The highest BCUT2D eigenvalue weighted by atomic mass is 16.7. The predicted octanol–water partition coefficient (Wildman–Crippen LogP) is 4.65. The molecule has 25 heavy (non-hydrogen) atoms. The van der Waals surface area contributed by atoms with E-state index < -0.39 is 6.16 Å². The Bertz CT molecular complexity index is 710. The van der Waals surface area contributed by atoms with Gasteiger partial charge < -0.3 is 9.47 Å². The van der Waals surface area contributed by atoms with E-state index in [1.165, 1.54) is 11.1 Å². The Morgan fingerprint density at radius 3 is 2.88 bits per heavy atom. The van der Waals surface area contributed by atoms with Gasteiger partial charge in [0.2, 0.25) is 0 Å². The Balaban J connectivity index is 1.57. The number of carbonyl (C=O) groups excluding carboxylic acids is 2. The molecule has 4 rings (SSSR count). The highest BCUT2D eigenvalue weighted by Gasteiger charge is 2.54. The second-order valence-electron chi connectivity index (χ2n) is 7.98. The number of hydrogen-bond donors (Lipinski definition) is 0. The molecule has 0 N–H and O–H groups in total. The van der Waals surface area contributed by atoms with Crippen LogP contribution < -0.4 is 4.74 Å². The van der Waals surface area contributed by atoms with Crippen LogP contribution in [0.5, 0.6) is 5.75 Å². The third-order valence-corrected chi connectivity index (χ3v) is 6.87. The largest absolute Gasteiger partial charge is 0.513 e. The lowest BCUT2D eigenvalue weighted by Crippen LogP contribution is -2.42. The number of benzene rings is 1. The van der Waals surface area contributed by atoms with Gasteiger partial charge in [-0.2, -0.15) is 0 Å². The van der Waals surface area contributed by atoms with E-state index in [9.17, 15) is 9.59 Å². The van der Waals surface area contributed by atoms with Crippen molar-refractivity contribution in [3.63, 3.8) is 0 Å².